The molecule has 0 saturated heterocycles. The number of amides is 1. The molecule has 5 nitrogen and oxygen atoms in total. The maximum absolute atomic E-state index is 11.9. The third-order valence-electron chi connectivity index (χ3n) is 3.26. The summed E-state index contributed by atoms with van der Waals surface area (Å²) < 4.78 is 0. The molecule has 18 heavy (non-hydrogen) atoms. The first-order chi connectivity index (χ1) is 8.65. The summed E-state index contributed by atoms with van der Waals surface area (Å²) in [4.78, 5) is 25.5. The van der Waals surface area contributed by atoms with Crippen molar-refractivity contribution in [2.45, 2.75) is 51.2 Å². The number of aromatic nitrogens is 1. The Kier molecular flexibility index (Phi) is 4.54. The number of hydrogen-bond acceptors (Lipinski definition) is 4. The molecular weight excluding hydrogens is 250 g/mol. The van der Waals surface area contributed by atoms with Crippen molar-refractivity contribution >= 4 is 17.2 Å². The van der Waals surface area contributed by atoms with E-state index in [9.17, 15) is 9.59 Å². The molecule has 1 heterocycles. The molecule has 1 atom stereocenters. The number of aromatic amines is 1. The fourth-order valence-corrected chi connectivity index (χ4v) is 2.73. The Morgan fingerprint density at radius 3 is 2.89 bits per heavy atom. The lowest BCUT2D eigenvalue weighted by Crippen LogP contribution is -2.45. The van der Waals surface area contributed by atoms with Crippen molar-refractivity contribution in [3.8, 4) is 0 Å². The lowest BCUT2D eigenvalue weighted by molar-refractivity contribution is -0.123. The summed E-state index contributed by atoms with van der Waals surface area (Å²) in [7, 11) is 0. The first-order valence-electron chi connectivity index (χ1n) is 6.35. The van der Waals surface area contributed by atoms with E-state index in [0.29, 0.717) is 12.6 Å². The number of H-pyrrole nitrogens is 1. The normalized spacial score (nSPS) is 17.8. The third-order valence-corrected chi connectivity index (χ3v) is 3.98. The van der Waals surface area contributed by atoms with Gasteiger partial charge in [0.25, 0.3) is 0 Å². The molecule has 0 spiro atoms. The van der Waals surface area contributed by atoms with E-state index in [-0.39, 0.29) is 16.8 Å². The zero-order chi connectivity index (χ0) is 13.0. The van der Waals surface area contributed by atoms with Crippen LogP contribution < -0.4 is 15.5 Å². The van der Waals surface area contributed by atoms with Gasteiger partial charge in [0.05, 0.1) is 6.04 Å². The summed E-state index contributed by atoms with van der Waals surface area (Å²) in [5.74, 6) is 0.0412. The Bertz CT molecular complexity index is 448. The van der Waals surface area contributed by atoms with Gasteiger partial charge in [0, 0.05) is 23.7 Å². The molecule has 0 aromatic carbocycles. The lowest BCUT2D eigenvalue weighted by atomic mass is 10.2. The van der Waals surface area contributed by atoms with Gasteiger partial charge in [0.1, 0.15) is 0 Å². The van der Waals surface area contributed by atoms with Crippen molar-refractivity contribution in [3.63, 3.8) is 0 Å². The highest BCUT2D eigenvalue weighted by Crippen LogP contribution is 2.17. The number of thiazole rings is 1. The van der Waals surface area contributed by atoms with Crippen LogP contribution in [0.3, 0.4) is 0 Å². The van der Waals surface area contributed by atoms with Gasteiger partial charge in [-0.05, 0) is 19.8 Å². The maximum Gasteiger partial charge on any atom is 0.304 e. The molecule has 1 unspecified atom stereocenters. The Hall–Kier alpha value is -1.14. The zero-order valence-corrected chi connectivity index (χ0v) is 11.3. The minimum atomic E-state index is -0.242. The van der Waals surface area contributed by atoms with Crippen molar-refractivity contribution < 1.29 is 4.79 Å². The molecule has 6 heteroatoms. The van der Waals surface area contributed by atoms with Crippen LogP contribution in [0.1, 0.15) is 38.3 Å². The first-order valence-corrected chi connectivity index (χ1v) is 7.23. The van der Waals surface area contributed by atoms with Crippen LogP contribution in [-0.4, -0.2) is 23.0 Å². The summed E-state index contributed by atoms with van der Waals surface area (Å²) in [6.07, 6.45) is 4.61. The van der Waals surface area contributed by atoms with Crippen LogP contribution in [0, 0.1) is 0 Å². The number of carbonyl (C=O) groups excluding carboxylic acids is 1. The Balaban J connectivity index is 1.74. The minimum absolute atomic E-state index is 0.0412. The van der Waals surface area contributed by atoms with Crippen molar-refractivity contribution in [3.05, 3.63) is 20.7 Å². The second kappa shape index (κ2) is 6.15. The SMILES string of the molecule is CC(NCc1csc(=O)[nH]1)C(=O)NC1CCCC1. The minimum Gasteiger partial charge on any atom is -0.352 e. The van der Waals surface area contributed by atoms with Gasteiger partial charge in [-0.25, -0.2) is 0 Å². The molecule has 1 aliphatic carbocycles. The summed E-state index contributed by atoms with van der Waals surface area (Å²) in [5.41, 5.74) is 0.825. The first kappa shape index (κ1) is 13.3. The predicted octanol–water partition coefficient (Wildman–Crippen LogP) is 0.973. The molecule has 100 valence electrons. The van der Waals surface area contributed by atoms with E-state index in [1.54, 1.807) is 5.38 Å². The highest BCUT2D eigenvalue weighted by atomic mass is 32.1. The molecule has 0 aliphatic heterocycles. The number of carbonyl (C=O) groups is 1. The zero-order valence-electron chi connectivity index (χ0n) is 10.5. The van der Waals surface area contributed by atoms with E-state index >= 15 is 0 Å². The lowest BCUT2D eigenvalue weighted by Gasteiger charge is -2.17. The fraction of sp³-hybridized carbons (Fsp3) is 0.667. The molecular formula is C12H19N3O2S. The average molecular weight is 269 g/mol. The van der Waals surface area contributed by atoms with Gasteiger partial charge in [-0.15, -0.1) is 0 Å². The molecule has 1 aromatic heterocycles. The Labute approximate surface area is 110 Å². The second-order valence-corrected chi connectivity index (χ2v) is 5.61. The Morgan fingerprint density at radius 1 is 1.56 bits per heavy atom. The maximum atomic E-state index is 11.9. The monoisotopic (exact) mass is 269 g/mol. The molecule has 1 aliphatic rings. The van der Waals surface area contributed by atoms with Crippen LogP contribution in [0.5, 0.6) is 0 Å². The Morgan fingerprint density at radius 2 is 2.28 bits per heavy atom. The smallest absolute Gasteiger partial charge is 0.304 e. The molecule has 1 amide bonds. The molecule has 1 aromatic rings. The third kappa shape index (κ3) is 3.68. The molecule has 0 bridgehead atoms. The highest BCUT2D eigenvalue weighted by Gasteiger charge is 2.20. The van der Waals surface area contributed by atoms with Crippen molar-refractivity contribution in [2.24, 2.45) is 0 Å². The van der Waals surface area contributed by atoms with Crippen LogP contribution in [0.25, 0.3) is 0 Å². The fourth-order valence-electron chi connectivity index (χ4n) is 2.15. The van der Waals surface area contributed by atoms with E-state index in [2.05, 4.69) is 15.6 Å². The average Bonchev–Trinajstić information content (AvgIpc) is 2.97. The predicted molar refractivity (Wildman–Crippen MR) is 71.6 cm³/mol. The second-order valence-electron chi connectivity index (χ2n) is 4.77. The molecule has 2 rings (SSSR count). The number of rotatable bonds is 5. The van der Waals surface area contributed by atoms with Crippen LogP contribution in [0.4, 0.5) is 0 Å². The van der Waals surface area contributed by atoms with Crippen molar-refractivity contribution in [2.75, 3.05) is 0 Å². The van der Waals surface area contributed by atoms with Gasteiger partial charge in [-0.3, -0.25) is 9.59 Å². The van der Waals surface area contributed by atoms with Gasteiger partial charge >= 0.3 is 4.87 Å². The van der Waals surface area contributed by atoms with Crippen LogP contribution in [0.2, 0.25) is 0 Å². The van der Waals surface area contributed by atoms with Crippen LogP contribution in [0.15, 0.2) is 10.2 Å². The largest absolute Gasteiger partial charge is 0.352 e. The summed E-state index contributed by atoms with van der Waals surface area (Å²) in [6.45, 7) is 2.35. The van der Waals surface area contributed by atoms with Crippen molar-refractivity contribution in [1.82, 2.24) is 15.6 Å². The van der Waals surface area contributed by atoms with E-state index in [1.807, 2.05) is 6.92 Å². The topological polar surface area (TPSA) is 74.0 Å². The summed E-state index contributed by atoms with van der Waals surface area (Å²) >= 11 is 1.14. The van der Waals surface area contributed by atoms with E-state index in [1.165, 1.54) is 12.8 Å². The highest BCUT2D eigenvalue weighted by molar-refractivity contribution is 7.07. The summed E-state index contributed by atoms with van der Waals surface area (Å²) in [6, 6.07) is 0.108. The standard InChI is InChI=1S/C12H19N3O2S/c1-8(11(16)14-9-4-2-3-5-9)13-6-10-7-18-12(17)15-10/h7-9,13H,2-6H2,1H3,(H,14,16)(H,15,17). The van der Waals surface area contributed by atoms with E-state index in [4.69, 9.17) is 0 Å². The summed E-state index contributed by atoms with van der Waals surface area (Å²) in [5, 5.41) is 7.93. The van der Waals surface area contributed by atoms with Gasteiger partial charge in [0.15, 0.2) is 0 Å². The number of nitrogens with one attached hydrogen (secondary N) is 3. The van der Waals surface area contributed by atoms with Crippen LogP contribution in [-0.2, 0) is 11.3 Å². The molecule has 3 N–H and O–H groups in total. The molecule has 1 fully saturated rings. The van der Waals surface area contributed by atoms with Gasteiger partial charge < -0.3 is 15.6 Å². The van der Waals surface area contributed by atoms with Crippen LogP contribution >= 0.6 is 11.3 Å². The van der Waals surface area contributed by atoms with E-state index < -0.39 is 0 Å². The van der Waals surface area contributed by atoms with Gasteiger partial charge in [-0.1, -0.05) is 24.2 Å². The van der Waals surface area contributed by atoms with Gasteiger partial charge in [0.2, 0.25) is 5.91 Å². The molecule has 1 saturated carbocycles. The molecule has 0 radical (unpaired) electrons. The van der Waals surface area contributed by atoms with E-state index in [0.717, 1.165) is 29.9 Å². The quantitative estimate of drug-likeness (QED) is 0.746. The van der Waals surface area contributed by atoms with Crippen molar-refractivity contribution in [1.29, 1.82) is 0 Å². The van der Waals surface area contributed by atoms with Gasteiger partial charge in [-0.2, -0.15) is 0 Å². The number of hydrogen-bond donors (Lipinski definition) is 3.